The summed E-state index contributed by atoms with van der Waals surface area (Å²) >= 11 is 1.59. The lowest BCUT2D eigenvalue weighted by atomic mass is 10.1. The number of ether oxygens (including phenoxy) is 1. The van der Waals surface area contributed by atoms with E-state index in [1.165, 1.54) is 18.7 Å². The number of methoxy groups -OCH3 is 1. The number of nitrogens with zero attached hydrogens (tertiary/aromatic N) is 3. The fourth-order valence-electron chi connectivity index (χ4n) is 2.13. The molecule has 0 aliphatic carbocycles. The summed E-state index contributed by atoms with van der Waals surface area (Å²) in [6, 6.07) is 12.2. The first-order chi connectivity index (χ1) is 11.3. The normalized spacial score (nSPS) is 11.0. The highest BCUT2D eigenvalue weighted by atomic mass is 32.1. The number of thiophene rings is 1. The van der Waals surface area contributed by atoms with E-state index in [-0.39, 0.29) is 0 Å². The van der Waals surface area contributed by atoms with E-state index in [9.17, 15) is 4.79 Å². The van der Waals surface area contributed by atoms with Gasteiger partial charge in [-0.15, -0.1) is 21.5 Å². The van der Waals surface area contributed by atoms with Gasteiger partial charge in [0.05, 0.1) is 7.11 Å². The number of esters is 1. The van der Waals surface area contributed by atoms with E-state index in [1.807, 2.05) is 24.3 Å². The van der Waals surface area contributed by atoms with Gasteiger partial charge in [0.15, 0.2) is 0 Å². The molecule has 0 fully saturated rings. The molecule has 0 amide bonds. The lowest BCUT2D eigenvalue weighted by molar-refractivity contribution is -0.134. The van der Waals surface area contributed by atoms with Crippen molar-refractivity contribution in [3.63, 3.8) is 0 Å². The van der Waals surface area contributed by atoms with Gasteiger partial charge in [-0.1, -0.05) is 30.3 Å². The van der Waals surface area contributed by atoms with Gasteiger partial charge in [-0.3, -0.25) is 0 Å². The Kier molecular flexibility index (Phi) is 4.58. The highest BCUT2D eigenvalue weighted by molar-refractivity contribution is 7.13. The zero-order valence-electron chi connectivity index (χ0n) is 12.4. The maximum Gasteiger partial charge on any atom is 0.330 e. The molecule has 3 aromatic rings. The van der Waals surface area contributed by atoms with E-state index >= 15 is 0 Å². The summed E-state index contributed by atoms with van der Waals surface area (Å²) in [4.78, 5) is 13.4. The minimum atomic E-state index is -0.401. The number of benzene rings is 1. The molecule has 1 aromatic carbocycles. The average Bonchev–Trinajstić information content (AvgIpc) is 3.23. The monoisotopic (exact) mass is 326 g/mol. The first kappa shape index (κ1) is 15.1. The number of tetrazole rings is 1. The third-order valence-corrected chi connectivity index (χ3v) is 4.29. The van der Waals surface area contributed by atoms with Crippen LogP contribution in [0.2, 0.25) is 0 Å². The molecule has 116 valence electrons. The molecule has 2 heterocycles. The van der Waals surface area contributed by atoms with Crippen LogP contribution in [0.5, 0.6) is 0 Å². The molecule has 0 bridgehead atoms. The third-order valence-electron chi connectivity index (χ3n) is 3.19. The van der Waals surface area contributed by atoms with Crippen LogP contribution in [-0.4, -0.2) is 33.7 Å². The molecule has 0 saturated heterocycles. The lowest BCUT2D eigenvalue weighted by Crippen LogP contribution is -1.93. The van der Waals surface area contributed by atoms with Gasteiger partial charge in [-0.05, 0) is 22.9 Å². The second kappa shape index (κ2) is 6.97. The molecule has 3 rings (SSSR count). The van der Waals surface area contributed by atoms with Crippen molar-refractivity contribution >= 4 is 23.4 Å². The Morgan fingerprint density at radius 1 is 1.35 bits per heavy atom. The zero-order valence-corrected chi connectivity index (χ0v) is 13.2. The Morgan fingerprint density at radius 2 is 2.17 bits per heavy atom. The molecule has 0 unspecified atom stereocenters. The predicted molar refractivity (Wildman–Crippen MR) is 87.8 cm³/mol. The van der Waals surface area contributed by atoms with Crippen LogP contribution in [0.3, 0.4) is 0 Å². The summed E-state index contributed by atoms with van der Waals surface area (Å²) in [7, 11) is 1.35. The maximum atomic E-state index is 11.3. The smallest absolute Gasteiger partial charge is 0.330 e. The van der Waals surface area contributed by atoms with Crippen molar-refractivity contribution in [3.05, 3.63) is 57.8 Å². The zero-order chi connectivity index (χ0) is 16.1. The quantitative estimate of drug-likeness (QED) is 0.576. The van der Waals surface area contributed by atoms with Gasteiger partial charge in [0.2, 0.25) is 5.82 Å². The fraction of sp³-hybridized carbons (Fsp3) is 0.125. The van der Waals surface area contributed by atoms with Crippen LogP contribution in [0.4, 0.5) is 0 Å². The van der Waals surface area contributed by atoms with Crippen LogP contribution in [0.15, 0.2) is 42.5 Å². The molecule has 0 saturated carbocycles. The van der Waals surface area contributed by atoms with Crippen LogP contribution < -0.4 is 0 Å². The van der Waals surface area contributed by atoms with Crippen molar-refractivity contribution in [1.82, 2.24) is 20.6 Å². The van der Waals surface area contributed by atoms with Crippen molar-refractivity contribution in [3.8, 4) is 11.4 Å². The molecule has 0 spiro atoms. The number of aromatic amines is 1. The van der Waals surface area contributed by atoms with Crippen molar-refractivity contribution in [2.75, 3.05) is 7.11 Å². The molecule has 0 atom stereocenters. The lowest BCUT2D eigenvalue weighted by Gasteiger charge is -1.96. The van der Waals surface area contributed by atoms with Gasteiger partial charge in [0.25, 0.3) is 0 Å². The molecule has 2 aromatic heterocycles. The Labute approximate surface area is 136 Å². The third kappa shape index (κ3) is 3.70. The Hall–Kier alpha value is -2.80. The van der Waals surface area contributed by atoms with Crippen LogP contribution in [0, 0.1) is 0 Å². The molecule has 1 N–H and O–H groups in total. The SMILES string of the molecule is COC(=O)/C=C/c1sc(Cc2ccccc2)cc1-c1nn[nH]n1. The van der Waals surface area contributed by atoms with Crippen LogP contribution in [-0.2, 0) is 16.0 Å². The van der Waals surface area contributed by atoms with Gasteiger partial charge < -0.3 is 4.74 Å². The molecule has 0 radical (unpaired) electrons. The van der Waals surface area contributed by atoms with Crippen molar-refractivity contribution in [2.45, 2.75) is 6.42 Å². The van der Waals surface area contributed by atoms with E-state index in [1.54, 1.807) is 17.4 Å². The number of carbonyl (C=O) groups excluding carboxylic acids is 1. The highest BCUT2D eigenvalue weighted by Gasteiger charge is 2.13. The molecule has 7 heteroatoms. The average molecular weight is 326 g/mol. The number of hydrogen-bond donors (Lipinski definition) is 1. The number of H-pyrrole nitrogens is 1. The summed E-state index contributed by atoms with van der Waals surface area (Å²) in [5, 5.41) is 14.1. The second-order valence-electron chi connectivity index (χ2n) is 4.74. The molecular weight excluding hydrogens is 312 g/mol. The van der Waals surface area contributed by atoms with E-state index in [0.717, 1.165) is 21.7 Å². The summed E-state index contributed by atoms with van der Waals surface area (Å²) in [5.74, 6) is 0.104. The second-order valence-corrected chi connectivity index (χ2v) is 5.91. The van der Waals surface area contributed by atoms with E-state index in [2.05, 4.69) is 37.5 Å². The predicted octanol–water partition coefficient (Wildman–Crippen LogP) is 2.71. The number of aromatic nitrogens is 4. The minimum Gasteiger partial charge on any atom is -0.466 e. The Balaban J connectivity index is 1.93. The highest BCUT2D eigenvalue weighted by Crippen LogP contribution is 2.31. The summed E-state index contributed by atoms with van der Waals surface area (Å²) in [6.07, 6.45) is 3.92. The number of hydrogen-bond acceptors (Lipinski definition) is 6. The maximum absolute atomic E-state index is 11.3. The van der Waals surface area contributed by atoms with Crippen LogP contribution >= 0.6 is 11.3 Å². The standard InChI is InChI=1S/C16H14N4O2S/c1-22-15(21)8-7-14-13(16-17-19-20-18-16)10-12(23-14)9-11-5-3-2-4-6-11/h2-8,10H,9H2,1H3,(H,17,18,19,20)/b8-7+. The molecule has 6 nitrogen and oxygen atoms in total. The first-order valence-electron chi connectivity index (χ1n) is 6.92. The molecular formula is C16H14N4O2S. The van der Waals surface area contributed by atoms with Crippen LogP contribution in [0.1, 0.15) is 15.3 Å². The number of rotatable bonds is 5. The minimum absolute atomic E-state index is 0.401. The van der Waals surface area contributed by atoms with Crippen molar-refractivity contribution in [1.29, 1.82) is 0 Å². The van der Waals surface area contributed by atoms with Crippen molar-refractivity contribution in [2.24, 2.45) is 0 Å². The van der Waals surface area contributed by atoms with Gasteiger partial charge in [-0.25, -0.2) is 4.79 Å². The summed E-state index contributed by atoms with van der Waals surface area (Å²) in [5.41, 5.74) is 2.06. The fourth-order valence-corrected chi connectivity index (χ4v) is 3.22. The van der Waals surface area contributed by atoms with Crippen molar-refractivity contribution < 1.29 is 9.53 Å². The Bertz CT molecular complexity index is 810. The van der Waals surface area contributed by atoms with Gasteiger partial charge in [0.1, 0.15) is 0 Å². The van der Waals surface area contributed by atoms with Crippen LogP contribution in [0.25, 0.3) is 17.5 Å². The Morgan fingerprint density at radius 3 is 2.87 bits per heavy atom. The first-order valence-corrected chi connectivity index (χ1v) is 7.74. The van der Waals surface area contributed by atoms with E-state index in [4.69, 9.17) is 0 Å². The number of carbonyl (C=O) groups is 1. The van der Waals surface area contributed by atoms with Gasteiger partial charge >= 0.3 is 5.97 Å². The topological polar surface area (TPSA) is 80.8 Å². The van der Waals surface area contributed by atoms with Gasteiger partial charge in [-0.2, -0.15) is 5.21 Å². The molecule has 23 heavy (non-hydrogen) atoms. The van der Waals surface area contributed by atoms with E-state index < -0.39 is 5.97 Å². The summed E-state index contributed by atoms with van der Waals surface area (Å²) in [6.45, 7) is 0. The largest absolute Gasteiger partial charge is 0.466 e. The van der Waals surface area contributed by atoms with Gasteiger partial charge in [0, 0.05) is 27.8 Å². The molecule has 0 aliphatic rings. The summed E-state index contributed by atoms with van der Waals surface area (Å²) < 4.78 is 4.63. The van der Waals surface area contributed by atoms with E-state index in [0.29, 0.717) is 5.82 Å². The number of nitrogens with one attached hydrogen (secondary N) is 1. The molecule has 0 aliphatic heterocycles.